The van der Waals surface area contributed by atoms with Gasteiger partial charge in [0.15, 0.2) is 5.82 Å². The van der Waals surface area contributed by atoms with Crippen molar-refractivity contribution < 1.29 is 13.5 Å². The number of aromatic nitrogens is 3. The number of hydrogen-bond acceptors (Lipinski definition) is 4. The Balaban J connectivity index is 1.66. The fourth-order valence-electron chi connectivity index (χ4n) is 4.12. The molecule has 5 rings (SSSR count). The summed E-state index contributed by atoms with van der Waals surface area (Å²) in [5, 5.41) is 0. The van der Waals surface area contributed by atoms with E-state index in [2.05, 4.69) is 14.3 Å². The lowest BCUT2D eigenvalue weighted by atomic mass is 9.99. The molecular weight excluding hydrogens is 350 g/mol. The van der Waals surface area contributed by atoms with Crippen molar-refractivity contribution in [2.24, 2.45) is 0 Å². The van der Waals surface area contributed by atoms with E-state index >= 15 is 0 Å². The van der Waals surface area contributed by atoms with Crippen molar-refractivity contribution >= 4 is 17.0 Å². The summed E-state index contributed by atoms with van der Waals surface area (Å²) in [4.78, 5) is 11.3. The van der Waals surface area contributed by atoms with Crippen LogP contribution in [-0.2, 0) is 11.2 Å². The van der Waals surface area contributed by atoms with E-state index in [1.54, 1.807) is 18.5 Å². The molecular formula is C20H20F2N4O. The average Bonchev–Trinajstić information content (AvgIpc) is 3.35. The molecule has 0 spiro atoms. The number of anilines is 2. The van der Waals surface area contributed by atoms with E-state index in [-0.39, 0.29) is 11.5 Å². The first kappa shape index (κ1) is 16.6. The summed E-state index contributed by atoms with van der Waals surface area (Å²) in [7, 11) is 0. The number of benzene rings is 1. The molecule has 2 aliphatic rings. The predicted octanol–water partition coefficient (Wildman–Crippen LogP) is 4.26. The molecule has 2 aliphatic heterocycles. The zero-order chi connectivity index (χ0) is 18.4. The third kappa shape index (κ3) is 2.77. The number of rotatable bonds is 3. The van der Waals surface area contributed by atoms with Gasteiger partial charge < -0.3 is 9.64 Å². The first-order chi connectivity index (χ1) is 13.2. The van der Waals surface area contributed by atoms with Gasteiger partial charge in [0.25, 0.3) is 6.43 Å². The van der Waals surface area contributed by atoms with Gasteiger partial charge in [0.2, 0.25) is 0 Å². The quantitative estimate of drug-likeness (QED) is 0.691. The van der Waals surface area contributed by atoms with Crippen LogP contribution < -0.4 is 4.90 Å². The van der Waals surface area contributed by atoms with Crippen LogP contribution in [0.5, 0.6) is 0 Å². The fraction of sp³-hybridized carbons (Fsp3) is 0.400. The Morgan fingerprint density at radius 2 is 2.19 bits per heavy atom. The minimum absolute atomic E-state index is 0.0479. The Kier molecular flexibility index (Phi) is 4.04. The largest absolute Gasteiger partial charge is 0.381 e. The zero-order valence-corrected chi connectivity index (χ0v) is 14.8. The van der Waals surface area contributed by atoms with Crippen LogP contribution in [0.1, 0.15) is 42.1 Å². The molecule has 2 aromatic heterocycles. The molecule has 0 radical (unpaired) electrons. The number of nitrogens with zero attached hydrogens (tertiary/aromatic N) is 4. The molecule has 0 aliphatic carbocycles. The van der Waals surface area contributed by atoms with Crippen molar-refractivity contribution in [3.63, 3.8) is 0 Å². The van der Waals surface area contributed by atoms with E-state index < -0.39 is 6.43 Å². The summed E-state index contributed by atoms with van der Waals surface area (Å²) in [5.74, 6) is 1.99. The van der Waals surface area contributed by atoms with Crippen LogP contribution in [0.15, 0.2) is 36.8 Å². The molecule has 0 bridgehead atoms. The lowest BCUT2D eigenvalue weighted by Gasteiger charge is -2.30. The number of fused-ring (bicyclic) bond motifs is 2. The third-order valence-corrected chi connectivity index (χ3v) is 5.48. The van der Waals surface area contributed by atoms with Gasteiger partial charge in [-0.1, -0.05) is 12.1 Å². The van der Waals surface area contributed by atoms with E-state index in [1.165, 1.54) is 6.07 Å². The SMILES string of the molecule is FC(F)c1ccc2c(c1)N(c1nc(C3CCOC3)n3ccncc13)CCC2. The Morgan fingerprint density at radius 3 is 3.00 bits per heavy atom. The zero-order valence-electron chi connectivity index (χ0n) is 14.8. The smallest absolute Gasteiger partial charge is 0.263 e. The third-order valence-electron chi connectivity index (χ3n) is 5.48. The average molecular weight is 370 g/mol. The molecule has 5 nitrogen and oxygen atoms in total. The highest BCUT2D eigenvalue weighted by atomic mass is 19.3. The second-order valence-electron chi connectivity index (χ2n) is 7.13. The topological polar surface area (TPSA) is 42.7 Å². The molecule has 1 fully saturated rings. The van der Waals surface area contributed by atoms with E-state index in [4.69, 9.17) is 9.72 Å². The van der Waals surface area contributed by atoms with Gasteiger partial charge in [0.1, 0.15) is 11.3 Å². The highest BCUT2D eigenvalue weighted by molar-refractivity contribution is 5.78. The van der Waals surface area contributed by atoms with Gasteiger partial charge >= 0.3 is 0 Å². The van der Waals surface area contributed by atoms with Gasteiger partial charge in [0, 0.05) is 42.7 Å². The Morgan fingerprint density at radius 1 is 1.26 bits per heavy atom. The number of ether oxygens (including phenoxy) is 1. The summed E-state index contributed by atoms with van der Waals surface area (Å²) in [6.45, 7) is 2.15. The summed E-state index contributed by atoms with van der Waals surface area (Å²) >= 11 is 0. The molecule has 27 heavy (non-hydrogen) atoms. The van der Waals surface area contributed by atoms with Crippen molar-refractivity contribution in [3.8, 4) is 0 Å². The van der Waals surface area contributed by atoms with E-state index in [0.29, 0.717) is 6.61 Å². The molecule has 1 saturated heterocycles. The van der Waals surface area contributed by atoms with Crippen molar-refractivity contribution in [1.29, 1.82) is 0 Å². The van der Waals surface area contributed by atoms with Gasteiger partial charge in [0.05, 0.1) is 12.8 Å². The van der Waals surface area contributed by atoms with Crippen molar-refractivity contribution in [3.05, 3.63) is 53.7 Å². The van der Waals surface area contributed by atoms with E-state index in [1.807, 2.05) is 12.3 Å². The predicted molar refractivity (Wildman–Crippen MR) is 97.9 cm³/mol. The van der Waals surface area contributed by atoms with Gasteiger partial charge in [-0.25, -0.2) is 13.8 Å². The Labute approximate surface area is 155 Å². The minimum atomic E-state index is -2.48. The van der Waals surface area contributed by atoms with Crippen molar-refractivity contribution in [2.45, 2.75) is 31.6 Å². The lowest BCUT2D eigenvalue weighted by Crippen LogP contribution is -2.25. The molecule has 1 atom stereocenters. The monoisotopic (exact) mass is 370 g/mol. The van der Waals surface area contributed by atoms with Gasteiger partial charge in [-0.15, -0.1) is 0 Å². The Bertz CT molecular complexity index is 981. The molecule has 3 aromatic rings. The molecule has 7 heteroatoms. The summed E-state index contributed by atoms with van der Waals surface area (Å²) < 4.78 is 34.1. The number of aryl methyl sites for hydroxylation is 1. The second-order valence-corrected chi connectivity index (χ2v) is 7.13. The van der Waals surface area contributed by atoms with Crippen LogP contribution in [0.4, 0.5) is 20.3 Å². The number of alkyl halides is 2. The van der Waals surface area contributed by atoms with E-state index in [9.17, 15) is 8.78 Å². The first-order valence-corrected chi connectivity index (χ1v) is 9.30. The molecule has 0 saturated carbocycles. The normalized spacial score (nSPS) is 19.8. The maximum Gasteiger partial charge on any atom is 0.263 e. The number of imidazole rings is 1. The maximum atomic E-state index is 13.3. The minimum Gasteiger partial charge on any atom is -0.381 e. The molecule has 1 aromatic carbocycles. The highest BCUT2D eigenvalue weighted by Gasteiger charge is 2.28. The summed E-state index contributed by atoms with van der Waals surface area (Å²) in [5.41, 5.74) is 2.86. The van der Waals surface area contributed by atoms with Crippen LogP contribution in [-0.4, -0.2) is 34.1 Å². The maximum absolute atomic E-state index is 13.3. The van der Waals surface area contributed by atoms with Crippen LogP contribution in [0.25, 0.3) is 5.52 Å². The second kappa shape index (κ2) is 6.56. The highest BCUT2D eigenvalue weighted by Crippen LogP contribution is 2.39. The lowest BCUT2D eigenvalue weighted by molar-refractivity contribution is 0.151. The Hall–Kier alpha value is -2.54. The number of hydrogen-bond donors (Lipinski definition) is 0. The molecule has 0 amide bonds. The van der Waals surface area contributed by atoms with Gasteiger partial charge in [-0.05, 0) is 30.9 Å². The first-order valence-electron chi connectivity index (χ1n) is 9.30. The van der Waals surface area contributed by atoms with Crippen molar-refractivity contribution in [2.75, 3.05) is 24.7 Å². The fourth-order valence-corrected chi connectivity index (χ4v) is 4.12. The van der Waals surface area contributed by atoms with Gasteiger partial charge in [-0.3, -0.25) is 9.38 Å². The standard InChI is InChI=1S/C20H20F2N4O/c21-18(22)14-4-3-13-2-1-7-25(16(13)10-14)20-17-11-23-6-8-26(17)19(24-20)15-5-9-27-12-15/h3-4,6,8,10-11,15,18H,1-2,5,7,9,12H2. The molecule has 1 unspecified atom stereocenters. The van der Waals surface area contributed by atoms with Crippen molar-refractivity contribution in [1.82, 2.24) is 14.4 Å². The molecule has 0 N–H and O–H groups in total. The van der Waals surface area contributed by atoms with Crippen LogP contribution in [0.3, 0.4) is 0 Å². The molecule has 4 heterocycles. The summed E-state index contributed by atoms with van der Waals surface area (Å²) in [6.07, 6.45) is 5.77. The summed E-state index contributed by atoms with van der Waals surface area (Å²) in [6, 6.07) is 4.96. The molecule has 140 valence electrons. The van der Waals surface area contributed by atoms with Gasteiger partial charge in [-0.2, -0.15) is 0 Å². The van der Waals surface area contributed by atoms with E-state index in [0.717, 1.165) is 60.8 Å². The van der Waals surface area contributed by atoms with Crippen LogP contribution in [0.2, 0.25) is 0 Å². The van der Waals surface area contributed by atoms with Crippen LogP contribution in [0, 0.1) is 0 Å². The number of halogens is 2. The van der Waals surface area contributed by atoms with Crippen LogP contribution >= 0.6 is 0 Å².